The summed E-state index contributed by atoms with van der Waals surface area (Å²) in [5.41, 5.74) is 1.00. The lowest BCUT2D eigenvalue weighted by Gasteiger charge is -2.34. The molecular weight excluding hydrogens is 326 g/mol. The number of pyridine rings is 1. The molecule has 1 aromatic heterocycles. The van der Waals surface area contributed by atoms with E-state index in [0.717, 1.165) is 67.8 Å². The topological polar surface area (TPSA) is 45.7 Å². The number of aromatic nitrogens is 1. The van der Waals surface area contributed by atoms with Crippen molar-refractivity contribution >= 4 is 22.6 Å². The highest BCUT2D eigenvalue weighted by atomic mass is 16.5. The number of ether oxygens (including phenoxy) is 1. The first-order valence-corrected chi connectivity index (χ1v) is 9.59. The van der Waals surface area contributed by atoms with Crippen LogP contribution in [0.2, 0.25) is 0 Å². The molecule has 4 rings (SSSR count). The van der Waals surface area contributed by atoms with Gasteiger partial charge < -0.3 is 14.5 Å². The standard InChI is InChI=1S/C21H27N3O2/c1-23(21(25)16-3-4-16)14-15-9-11-24(12-10-15)20-8-5-17-13-18(26-2)6-7-19(17)22-20/h5-8,13,15-16H,3-4,9-12,14H2,1-2H3. The van der Waals surface area contributed by atoms with E-state index in [1.165, 1.54) is 0 Å². The fourth-order valence-corrected chi connectivity index (χ4v) is 3.86. The normalized spacial score (nSPS) is 18.2. The van der Waals surface area contributed by atoms with Crippen LogP contribution in [0.3, 0.4) is 0 Å². The monoisotopic (exact) mass is 353 g/mol. The summed E-state index contributed by atoms with van der Waals surface area (Å²) in [6.45, 7) is 2.91. The Kier molecular flexibility index (Phi) is 4.70. The zero-order valence-electron chi connectivity index (χ0n) is 15.6. The van der Waals surface area contributed by atoms with Crippen molar-refractivity contribution in [2.75, 3.05) is 38.7 Å². The van der Waals surface area contributed by atoms with E-state index in [2.05, 4.69) is 17.0 Å². The van der Waals surface area contributed by atoms with Crippen LogP contribution < -0.4 is 9.64 Å². The van der Waals surface area contributed by atoms with E-state index >= 15 is 0 Å². The van der Waals surface area contributed by atoms with Crippen molar-refractivity contribution in [2.45, 2.75) is 25.7 Å². The Balaban J connectivity index is 1.36. The number of rotatable bonds is 5. The number of benzene rings is 1. The van der Waals surface area contributed by atoms with Crippen molar-refractivity contribution in [3.8, 4) is 5.75 Å². The number of methoxy groups -OCH3 is 1. The summed E-state index contributed by atoms with van der Waals surface area (Å²) in [5, 5.41) is 1.10. The molecule has 138 valence electrons. The Morgan fingerprint density at radius 2 is 1.96 bits per heavy atom. The average Bonchev–Trinajstić information content (AvgIpc) is 3.52. The maximum absolute atomic E-state index is 12.1. The number of nitrogens with zero attached hydrogens (tertiary/aromatic N) is 3. The van der Waals surface area contributed by atoms with Gasteiger partial charge in [-0.2, -0.15) is 0 Å². The van der Waals surface area contributed by atoms with E-state index < -0.39 is 0 Å². The molecule has 0 bridgehead atoms. The van der Waals surface area contributed by atoms with Crippen LogP contribution in [-0.4, -0.2) is 49.6 Å². The molecule has 1 amide bonds. The summed E-state index contributed by atoms with van der Waals surface area (Å²) in [6.07, 6.45) is 4.40. The number of hydrogen-bond acceptors (Lipinski definition) is 4. The van der Waals surface area contributed by atoms with E-state index in [0.29, 0.717) is 17.7 Å². The summed E-state index contributed by atoms with van der Waals surface area (Å²) < 4.78 is 5.28. The van der Waals surface area contributed by atoms with Gasteiger partial charge >= 0.3 is 0 Å². The smallest absolute Gasteiger partial charge is 0.225 e. The van der Waals surface area contributed by atoms with Gasteiger partial charge in [-0.15, -0.1) is 0 Å². The van der Waals surface area contributed by atoms with Gasteiger partial charge in [-0.25, -0.2) is 4.98 Å². The molecule has 0 spiro atoms. The lowest BCUT2D eigenvalue weighted by molar-refractivity contribution is -0.131. The number of carbonyl (C=O) groups is 1. The lowest BCUT2D eigenvalue weighted by Crippen LogP contribution is -2.40. The van der Waals surface area contributed by atoms with Gasteiger partial charge in [0.05, 0.1) is 12.6 Å². The number of anilines is 1. The van der Waals surface area contributed by atoms with E-state index in [1.807, 2.05) is 30.1 Å². The van der Waals surface area contributed by atoms with Crippen LogP contribution in [0, 0.1) is 11.8 Å². The van der Waals surface area contributed by atoms with Gasteiger partial charge in [0.1, 0.15) is 11.6 Å². The van der Waals surface area contributed by atoms with Crippen LogP contribution in [0.25, 0.3) is 10.9 Å². The van der Waals surface area contributed by atoms with E-state index in [1.54, 1.807) is 7.11 Å². The van der Waals surface area contributed by atoms with Crippen molar-refractivity contribution in [3.05, 3.63) is 30.3 Å². The average molecular weight is 353 g/mol. The Hall–Kier alpha value is -2.30. The molecule has 5 heteroatoms. The molecule has 0 atom stereocenters. The Morgan fingerprint density at radius 1 is 1.19 bits per heavy atom. The van der Waals surface area contributed by atoms with Crippen molar-refractivity contribution in [1.29, 1.82) is 0 Å². The molecule has 2 heterocycles. The van der Waals surface area contributed by atoms with E-state index in [4.69, 9.17) is 9.72 Å². The lowest BCUT2D eigenvalue weighted by atomic mass is 9.96. The van der Waals surface area contributed by atoms with Gasteiger partial charge in [0.2, 0.25) is 5.91 Å². The molecule has 26 heavy (non-hydrogen) atoms. The fourth-order valence-electron chi connectivity index (χ4n) is 3.86. The maximum atomic E-state index is 12.1. The van der Waals surface area contributed by atoms with Crippen LogP contribution in [0.5, 0.6) is 5.75 Å². The minimum absolute atomic E-state index is 0.320. The Labute approximate surface area is 154 Å². The third kappa shape index (κ3) is 3.62. The van der Waals surface area contributed by atoms with E-state index in [9.17, 15) is 4.79 Å². The highest BCUT2D eigenvalue weighted by Crippen LogP contribution is 2.31. The quantitative estimate of drug-likeness (QED) is 0.827. The molecule has 2 aromatic rings. The molecule has 1 saturated carbocycles. The van der Waals surface area contributed by atoms with Gasteiger partial charge in [-0.1, -0.05) is 0 Å². The molecular formula is C21H27N3O2. The molecule has 1 aromatic carbocycles. The minimum Gasteiger partial charge on any atom is -0.497 e. The second-order valence-electron chi connectivity index (χ2n) is 7.65. The van der Waals surface area contributed by atoms with Crippen LogP contribution in [0.1, 0.15) is 25.7 Å². The molecule has 2 aliphatic rings. The predicted molar refractivity (Wildman–Crippen MR) is 104 cm³/mol. The van der Waals surface area contributed by atoms with E-state index in [-0.39, 0.29) is 0 Å². The Bertz CT molecular complexity index is 795. The van der Waals surface area contributed by atoms with Crippen LogP contribution in [-0.2, 0) is 4.79 Å². The van der Waals surface area contributed by atoms with Gasteiger partial charge in [0, 0.05) is 38.0 Å². The molecule has 1 saturated heterocycles. The SMILES string of the molecule is COc1ccc2nc(N3CCC(CN(C)C(=O)C4CC4)CC3)ccc2c1. The first-order valence-electron chi connectivity index (χ1n) is 9.59. The predicted octanol–water partition coefficient (Wildman–Crippen LogP) is 3.33. The minimum atomic E-state index is 0.320. The van der Waals surface area contributed by atoms with Gasteiger partial charge in [-0.05, 0) is 61.9 Å². The Morgan fingerprint density at radius 3 is 2.65 bits per heavy atom. The first-order chi connectivity index (χ1) is 12.6. The number of amides is 1. The molecule has 0 radical (unpaired) electrons. The van der Waals surface area contributed by atoms with Crippen molar-refractivity contribution < 1.29 is 9.53 Å². The van der Waals surface area contributed by atoms with Gasteiger partial charge in [-0.3, -0.25) is 4.79 Å². The highest BCUT2D eigenvalue weighted by molar-refractivity contribution is 5.82. The summed E-state index contributed by atoms with van der Waals surface area (Å²) in [6, 6.07) is 10.2. The number of fused-ring (bicyclic) bond motifs is 1. The number of hydrogen-bond donors (Lipinski definition) is 0. The summed E-state index contributed by atoms with van der Waals surface area (Å²) in [5.74, 6) is 3.17. The highest BCUT2D eigenvalue weighted by Gasteiger charge is 2.33. The zero-order valence-corrected chi connectivity index (χ0v) is 15.6. The van der Waals surface area contributed by atoms with Gasteiger partial charge in [0.25, 0.3) is 0 Å². The van der Waals surface area contributed by atoms with Crippen LogP contribution >= 0.6 is 0 Å². The first kappa shape index (κ1) is 17.1. The summed E-state index contributed by atoms with van der Waals surface area (Å²) >= 11 is 0. The third-order valence-electron chi connectivity index (χ3n) is 5.66. The number of piperidine rings is 1. The molecule has 0 N–H and O–H groups in total. The maximum Gasteiger partial charge on any atom is 0.225 e. The third-order valence-corrected chi connectivity index (χ3v) is 5.66. The largest absolute Gasteiger partial charge is 0.497 e. The molecule has 1 aliphatic heterocycles. The van der Waals surface area contributed by atoms with Crippen molar-refractivity contribution in [3.63, 3.8) is 0 Å². The molecule has 2 fully saturated rings. The second-order valence-corrected chi connectivity index (χ2v) is 7.65. The fraction of sp³-hybridized carbons (Fsp3) is 0.524. The van der Waals surface area contributed by atoms with Gasteiger partial charge in [0.15, 0.2) is 0 Å². The summed E-state index contributed by atoms with van der Waals surface area (Å²) in [7, 11) is 3.65. The summed E-state index contributed by atoms with van der Waals surface area (Å²) in [4.78, 5) is 21.3. The molecule has 0 unspecified atom stereocenters. The van der Waals surface area contributed by atoms with Crippen molar-refractivity contribution in [1.82, 2.24) is 9.88 Å². The number of carbonyl (C=O) groups excluding carboxylic acids is 1. The van der Waals surface area contributed by atoms with Crippen molar-refractivity contribution in [2.24, 2.45) is 11.8 Å². The van der Waals surface area contributed by atoms with Crippen LogP contribution in [0.15, 0.2) is 30.3 Å². The van der Waals surface area contributed by atoms with Crippen LogP contribution in [0.4, 0.5) is 5.82 Å². The second kappa shape index (κ2) is 7.14. The zero-order chi connectivity index (χ0) is 18.1. The molecule has 5 nitrogen and oxygen atoms in total. The molecule has 1 aliphatic carbocycles.